The van der Waals surface area contributed by atoms with Crippen molar-refractivity contribution in [2.45, 2.75) is 6.42 Å². The maximum absolute atomic E-state index is 11.8. The number of hydrogen-bond acceptors (Lipinski definition) is 4. The highest BCUT2D eigenvalue weighted by Gasteiger charge is 2.25. The normalized spacial score (nSPS) is 15.7. The molecule has 0 spiro atoms. The Morgan fingerprint density at radius 1 is 1.37 bits per heavy atom. The fourth-order valence-electron chi connectivity index (χ4n) is 2.10. The highest BCUT2D eigenvalue weighted by Crippen LogP contribution is 2.21. The maximum Gasteiger partial charge on any atom is 0.328 e. The van der Waals surface area contributed by atoms with Crippen LogP contribution in [0, 0.1) is 0 Å². The first kappa shape index (κ1) is 11.4. The van der Waals surface area contributed by atoms with E-state index in [0.717, 1.165) is 0 Å². The Morgan fingerprint density at radius 3 is 2.95 bits per heavy atom. The van der Waals surface area contributed by atoms with Crippen molar-refractivity contribution >= 4 is 29.4 Å². The zero-order valence-corrected chi connectivity index (χ0v) is 9.87. The molecule has 3 heterocycles. The van der Waals surface area contributed by atoms with Gasteiger partial charge < -0.3 is 4.40 Å². The maximum atomic E-state index is 11.8. The summed E-state index contributed by atoms with van der Waals surface area (Å²) in [6.45, 7) is 0.295. The zero-order chi connectivity index (χ0) is 13.4. The van der Waals surface area contributed by atoms with Gasteiger partial charge in [-0.15, -0.1) is 0 Å². The van der Waals surface area contributed by atoms with Crippen molar-refractivity contribution in [1.82, 2.24) is 14.7 Å². The number of carbonyl (C=O) groups excluding carboxylic acids is 3. The molecule has 7 heteroatoms. The number of aldehydes is 1. The van der Waals surface area contributed by atoms with Gasteiger partial charge in [0.15, 0.2) is 6.29 Å². The van der Waals surface area contributed by atoms with Crippen LogP contribution in [0.4, 0.5) is 10.5 Å². The molecule has 2 aromatic rings. The Morgan fingerprint density at radius 2 is 2.21 bits per heavy atom. The van der Waals surface area contributed by atoms with E-state index >= 15 is 0 Å². The number of imide groups is 1. The highest BCUT2D eigenvalue weighted by molar-refractivity contribution is 6.06. The Labute approximate surface area is 107 Å². The van der Waals surface area contributed by atoms with Crippen LogP contribution in [0.5, 0.6) is 0 Å². The van der Waals surface area contributed by atoms with Gasteiger partial charge >= 0.3 is 6.03 Å². The molecular weight excluding hydrogens is 248 g/mol. The van der Waals surface area contributed by atoms with Crippen molar-refractivity contribution in [3.05, 3.63) is 30.4 Å². The number of amides is 3. The van der Waals surface area contributed by atoms with Gasteiger partial charge in [-0.3, -0.25) is 19.8 Å². The lowest BCUT2D eigenvalue weighted by molar-refractivity contribution is -0.120. The van der Waals surface area contributed by atoms with E-state index < -0.39 is 6.03 Å². The monoisotopic (exact) mass is 258 g/mol. The molecule has 1 fully saturated rings. The molecule has 19 heavy (non-hydrogen) atoms. The first-order valence-electron chi connectivity index (χ1n) is 5.71. The van der Waals surface area contributed by atoms with Crippen molar-refractivity contribution in [3.8, 4) is 0 Å². The number of urea groups is 1. The molecule has 0 atom stereocenters. The Balaban J connectivity index is 2.07. The minimum Gasteiger partial charge on any atom is -0.303 e. The summed E-state index contributed by atoms with van der Waals surface area (Å²) in [4.78, 5) is 39.3. The van der Waals surface area contributed by atoms with Crippen molar-refractivity contribution < 1.29 is 14.4 Å². The molecule has 0 aliphatic carbocycles. The Hall–Kier alpha value is -2.70. The van der Waals surface area contributed by atoms with Crippen LogP contribution in [0.1, 0.15) is 16.8 Å². The number of aromatic nitrogens is 2. The average molecular weight is 258 g/mol. The summed E-state index contributed by atoms with van der Waals surface area (Å²) in [5, 5.41) is 2.24. The topological polar surface area (TPSA) is 83.8 Å². The number of pyridine rings is 1. The molecule has 7 nitrogen and oxygen atoms in total. The lowest BCUT2D eigenvalue weighted by Crippen LogP contribution is -2.49. The van der Waals surface area contributed by atoms with Gasteiger partial charge in [-0.25, -0.2) is 9.78 Å². The minimum atomic E-state index is -0.479. The predicted molar refractivity (Wildman–Crippen MR) is 66.1 cm³/mol. The minimum absolute atomic E-state index is 0.240. The van der Waals surface area contributed by atoms with Gasteiger partial charge in [0.2, 0.25) is 5.91 Å². The SMILES string of the molecule is O=Cc1cc(N2CCC(=O)NC2=O)cn2cncc12. The van der Waals surface area contributed by atoms with Crippen molar-refractivity contribution in [2.75, 3.05) is 11.4 Å². The van der Waals surface area contributed by atoms with Gasteiger partial charge in [0, 0.05) is 24.7 Å². The fourth-order valence-corrected chi connectivity index (χ4v) is 2.10. The van der Waals surface area contributed by atoms with E-state index in [0.29, 0.717) is 29.6 Å². The number of carbonyl (C=O) groups is 3. The second-order valence-electron chi connectivity index (χ2n) is 4.21. The second kappa shape index (κ2) is 4.20. The van der Waals surface area contributed by atoms with Crippen LogP contribution in [0.2, 0.25) is 0 Å². The van der Waals surface area contributed by atoms with Crippen LogP contribution in [0.15, 0.2) is 24.8 Å². The number of fused-ring (bicyclic) bond motifs is 1. The first-order valence-corrected chi connectivity index (χ1v) is 5.71. The Bertz CT molecular complexity index is 691. The summed E-state index contributed by atoms with van der Waals surface area (Å²) in [7, 11) is 0. The summed E-state index contributed by atoms with van der Waals surface area (Å²) < 4.78 is 1.67. The van der Waals surface area contributed by atoms with Crippen molar-refractivity contribution in [2.24, 2.45) is 0 Å². The number of hydrogen-bond donors (Lipinski definition) is 1. The van der Waals surface area contributed by atoms with E-state index in [1.807, 2.05) is 0 Å². The molecule has 0 unspecified atom stereocenters. The predicted octanol–water partition coefficient (Wildman–Crippen LogP) is 0.593. The van der Waals surface area contributed by atoms with Crippen molar-refractivity contribution in [1.29, 1.82) is 0 Å². The third-order valence-corrected chi connectivity index (χ3v) is 3.03. The van der Waals surface area contributed by atoms with Crippen LogP contribution < -0.4 is 10.2 Å². The molecule has 2 aromatic heterocycles. The third-order valence-electron chi connectivity index (χ3n) is 3.03. The summed E-state index contributed by atoms with van der Waals surface area (Å²) in [5.74, 6) is -0.291. The number of nitrogens with zero attached hydrogens (tertiary/aromatic N) is 3. The number of anilines is 1. The molecule has 1 aliphatic rings. The first-order chi connectivity index (χ1) is 9.19. The molecule has 0 bridgehead atoms. The van der Waals surface area contributed by atoms with Gasteiger partial charge in [0.05, 0.1) is 23.7 Å². The quantitative estimate of drug-likeness (QED) is 0.799. The summed E-state index contributed by atoms with van der Waals surface area (Å²) in [5.41, 5.74) is 1.67. The largest absolute Gasteiger partial charge is 0.328 e. The molecule has 1 aliphatic heterocycles. The van der Waals surface area contributed by atoms with E-state index in [1.165, 1.54) is 4.90 Å². The second-order valence-corrected chi connectivity index (χ2v) is 4.21. The molecule has 96 valence electrons. The molecule has 1 N–H and O–H groups in total. The zero-order valence-electron chi connectivity index (χ0n) is 9.87. The van der Waals surface area contributed by atoms with E-state index in [4.69, 9.17) is 0 Å². The Kier molecular flexibility index (Phi) is 2.52. The van der Waals surface area contributed by atoms with Gasteiger partial charge in [0.1, 0.15) is 0 Å². The van der Waals surface area contributed by atoms with E-state index in [9.17, 15) is 14.4 Å². The molecule has 1 saturated heterocycles. The lowest BCUT2D eigenvalue weighted by atomic mass is 10.2. The molecule has 0 radical (unpaired) electrons. The molecular formula is C12H10N4O3. The average Bonchev–Trinajstić information content (AvgIpc) is 2.85. The third kappa shape index (κ3) is 1.85. The van der Waals surface area contributed by atoms with Crippen LogP contribution in [0.3, 0.4) is 0 Å². The molecule has 3 amide bonds. The summed E-state index contributed by atoms with van der Waals surface area (Å²) >= 11 is 0. The summed E-state index contributed by atoms with van der Waals surface area (Å²) in [6, 6.07) is 1.13. The molecule has 0 saturated carbocycles. The molecule has 0 aromatic carbocycles. The number of imidazole rings is 1. The van der Waals surface area contributed by atoms with Gasteiger partial charge in [-0.1, -0.05) is 0 Å². The fraction of sp³-hybridized carbons (Fsp3) is 0.167. The van der Waals surface area contributed by atoms with Crippen molar-refractivity contribution in [3.63, 3.8) is 0 Å². The van der Waals surface area contributed by atoms with E-state index in [2.05, 4.69) is 10.3 Å². The van der Waals surface area contributed by atoms with Crippen LogP contribution >= 0.6 is 0 Å². The van der Waals surface area contributed by atoms with Gasteiger partial charge in [-0.2, -0.15) is 0 Å². The summed E-state index contributed by atoms with van der Waals surface area (Å²) in [6.07, 6.45) is 5.79. The van der Waals surface area contributed by atoms with Crippen LogP contribution in [-0.4, -0.2) is 34.2 Å². The van der Waals surface area contributed by atoms with E-state index in [-0.39, 0.29) is 12.3 Å². The highest BCUT2D eigenvalue weighted by atomic mass is 16.2. The standard InChI is InChI=1S/C12H10N4O3/c17-6-8-3-9(5-15-7-13-4-10(8)15)16-2-1-11(18)14-12(16)19/h3-7H,1-2H2,(H,14,18,19). The van der Waals surface area contributed by atoms with Gasteiger partial charge in [0.25, 0.3) is 0 Å². The smallest absolute Gasteiger partial charge is 0.303 e. The molecule has 3 rings (SSSR count). The number of rotatable bonds is 2. The van der Waals surface area contributed by atoms with E-state index in [1.54, 1.807) is 29.2 Å². The van der Waals surface area contributed by atoms with Crippen LogP contribution in [-0.2, 0) is 4.79 Å². The number of nitrogens with one attached hydrogen (secondary N) is 1. The lowest BCUT2D eigenvalue weighted by Gasteiger charge is -2.26. The van der Waals surface area contributed by atoms with Gasteiger partial charge in [-0.05, 0) is 6.07 Å². The van der Waals surface area contributed by atoms with Crippen LogP contribution in [0.25, 0.3) is 5.52 Å².